The van der Waals surface area contributed by atoms with Crippen molar-refractivity contribution in [2.75, 3.05) is 0 Å². The number of aromatic amines is 1. The fourth-order valence-electron chi connectivity index (χ4n) is 3.01. The van der Waals surface area contributed by atoms with Gasteiger partial charge in [0, 0.05) is 11.3 Å². The van der Waals surface area contributed by atoms with E-state index in [-0.39, 0.29) is 5.56 Å². The Hall–Kier alpha value is -1.83. The molecule has 0 fully saturated rings. The molecule has 2 unspecified atom stereocenters. The van der Waals surface area contributed by atoms with Gasteiger partial charge in [0.15, 0.2) is 0 Å². The summed E-state index contributed by atoms with van der Waals surface area (Å²) >= 11 is 0. The summed E-state index contributed by atoms with van der Waals surface area (Å²) in [6.45, 7) is 4.45. The molecule has 1 aliphatic rings. The Morgan fingerprint density at radius 3 is 2.47 bits per heavy atom. The first-order valence-corrected chi connectivity index (χ1v) is 6.99. The van der Waals surface area contributed by atoms with Gasteiger partial charge in [0.1, 0.15) is 0 Å². The minimum absolute atomic E-state index is 0.0332. The predicted molar refractivity (Wildman–Crippen MR) is 78.6 cm³/mol. The van der Waals surface area contributed by atoms with E-state index in [9.17, 15) is 4.79 Å². The summed E-state index contributed by atoms with van der Waals surface area (Å²) in [7, 11) is 0. The average molecular weight is 253 g/mol. The summed E-state index contributed by atoms with van der Waals surface area (Å²) in [5.41, 5.74) is 4.28. The topological polar surface area (TPSA) is 32.9 Å². The van der Waals surface area contributed by atoms with Gasteiger partial charge in [-0.25, -0.2) is 0 Å². The Kier molecular flexibility index (Phi) is 3.02. The number of nitrogens with one attached hydrogen (secondary N) is 1. The summed E-state index contributed by atoms with van der Waals surface area (Å²) in [6, 6.07) is 12.0. The third kappa shape index (κ3) is 2.12. The molecule has 1 aromatic carbocycles. The van der Waals surface area contributed by atoms with Gasteiger partial charge in [-0.1, -0.05) is 44.2 Å². The highest BCUT2D eigenvalue weighted by Crippen LogP contribution is 2.37. The second-order valence-corrected chi connectivity index (χ2v) is 5.63. The summed E-state index contributed by atoms with van der Waals surface area (Å²) in [6.07, 6.45) is 2.36. The number of benzene rings is 1. The van der Waals surface area contributed by atoms with Gasteiger partial charge in [-0.05, 0) is 41.9 Å². The molecule has 0 aliphatic heterocycles. The van der Waals surface area contributed by atoms with Crippen LogP contribution in [0.2, 0.25) is 0 Å². The Bertz CT molecular complexity index is 642. The zero-order valence-corrected chi connectivity index (χ0v) is 11.4. The second-order valence-electron chi connectivity index (χ2n) is 5.63. The number of hydrogen-bond acceptors (Lipinski definition) is 1. The van der Waals surface area contributed by atoms with Crippen LogP contribution in [-0.2, 0) is 0 Å². The minimum atomic E-state index is 0.0332. The van der Waals surface area contributed by atoms with E-state index in [0.29, 0.717) is 11.8 Å². The molecule has 2 atom stereocenters. The van der Waals surface area contributed by atoms with E-state index in [2.05, 4.69) is 24.9 Å². The quantitative estimate of drug-likeness (QED) is 0.817. The molecular weight excluding hydrogens is 234 g/mol. The molecule has 1 aliphatic carbocycles. The molecule has 0 radical (unpaired) electrons. The summed E-state index contributed by atoms with van der Waals surface area (Å²) in [5, 5.41) is 0. The number of pyridine rings is 1. The third-order valence-electron chi connectivity index (χ3n) is 4.24. The number of H-pyrrole nitrogens is 1. The van der Waals surface area contributed by atoms with E-state index in [1.807, 2.05) is 30.3 Å². The molecule has 2 heteroatoms. The lowest BCUT2D eigenvalue weighted by atomic mass is 9.80. The van der Waals surface area contributed by atoms with Crippen molar-refractivity contribution in [1.29, 1.82) is 0 Å². The van der Waals surface area contributed by atoms with Gasteiger partial charge < -0.3 is 4.98 Å². The van der Waals surface area contributed by atoms with Crippen LogP contribution in [0.5, 0.6) is 0 Å². The molecule has 2 nitrogen and oxygen atoms in total. The van der Waals surface area contributed by atoms with Crippen LogP contribution in [0.25, 0.3) is 11.1 Å². The van der Waals surface area contributed by atoms with Crippen LogP contribution in [0, 0.1) is 0 Å². The van der Waals surface area contributed by atoms with Crippen LogP contribution in [-0.4, -0.2) is 4.98 Å². The van der Waals surface area contributed by atoms with Gasteiger partial charge in [0.25, 0.3) is 5.56 Å². The molecule has 98 valence electrons. The normalized spacial score (nSPS) is 22.0. The Balaban J connectivity index is 2.19. The van der Waals surface area contributed by atoms with Crippen molar-refractivity contribution >= 4 is 0 Å². The van der Waals surface area contributed by atoms with Gasteiger partial charge in [-0.2, -0.15) is 0 Å². The third-order valence-corrected chi connectivity index (χ3v) is 4.24. The lowest BCUT2D eigenvalue weighted by Gasteiger charge is -2.27. The largest absolute Gasteiger partial charge is 0.325 e. The second kappa shape index (κ2) is 4.69. The first-order chi connectivity index (χ1) is 9.16. The van der Waals surface area contributed by atoms with Crippen molar-refractivity contribution in [2.24, 2.45) is 0 Å². The van der Waals surface area contributed by atoms with Crippen LogP contribution >= 0.6 is 0 Å². The molecule has 2 aromatic rings. The van der Waals surface area contributed by atoms with Crippen LogP contribution in [0.15, 0.2) is 41.2 Å². The standard InChI is InChI=1S/C17H19NO/c1-11-8-9-12(2)16-14(11)10-15(17(19)18-16)13-6-4-3-5-7-13/h3-7,10-12H,8-9H2,1-2H3,(H,18,19). The number of fused-ring (bicyclic) bond motifs is 1. The number of hydrogen-bond donors (Lipinski definition) is 1. The Morgan fingerprint density at radius 2 is 1.74 bits per heavy atom. The maximum Gasteiger partial charge on any atom is 0.256 e. The van der Waals surface area contributed by atoms with E-state index >= 15 is 0 Å². The highest BCUT2D eigenvalue weighted by atomic mass is 16.1. The molecule has 1 aromatic heterocycles. The van der Waals surface area contributed by atoms with Crippen molar-refractivity contribution in [1.82, 2.24) is 4.98 Å². The summed E-state index contributed by atoms with van der Waals surface area (Å²) < 4.78 is 0. The molecule has 0 bridgehead atoms. The molecule has 19 heavy (non-hydrogen) atoms. The zero-order valence-electron chi connectivity index (χ0n) is 11.4. The minimum Gasteiger partial charge on any atom is -0.325 e. The van der Waals surface area contributed by atoms with Crippen LogP contribution in [0.4, 0.5) is 0 Å². The van der Waals surface area contributed by atoms with Crippen molar-refractivity contribution in [3.05, 3.63) is 58.0 Å². The molecule has 1 heterocycles. The van der Waals surface area contributed by atoms with Crippen LogP contribution in [0.1, 0.15) is 49.8 Å². The fraction of sp³-hybridized carbons (Fsp3) is 0.353. The number of aromatic nitrogens is 1. The SMILES string of the molecule is CC1CCC(C)c2[nH]c(=O)c(-c3ccccc3)cc21. The maximum atomic E-state index is 12.3. The first-order valence-electron chi connectivity index (χ1n) is 6.99. The van der Waals surface area contributed by atoms with Crippen LogP contribution in [0.3, 0.4) is 0 Å². The Morgan fingerprint density at radius 1 is 1.05 bits per heavy atom. The molecule has 0 saturated heterocycles. The maximum absolute atomic E-state index is 12.3. The Labute approximate surface area is 113 Å². The lowest BCUT2D eigenvalue weighted by Crippen LogP contribution is -2.20. The molecule has 1 N–H and O–H groups in total. The monoisotopic (exact) mass is 253 g/mol. The van der Waals surface area contributed by atoms with E-state index in [4.69, 9.17) is 0 Å². The van der Waals surface area contributed by atoms with Gasteiger partial charge in [-0.3, -0.25) is 4.79 Å². The van der Waals surface area contributed by atoms with Gasteiger partial charge >= 0.3 is 0 Å². The van der Waals surface area contributed by atoms with Crippen molar-refractivity contribution in [3.8, 4) is 11.1 Å². The van der Waals surface area contributed by atoms with Gasteiger partial charge in [0.05, 0.1) is 0 Å². The fourth-order valence-corrected chi connectivity index (χ4v) is 3.01. The molecule has 0 saturated carbocycles. The highest BCUT2D eigenvalue weighted by molar-refractivity contribution is 5.63. The highest BCUT2D eigenvalue weighted by Gasteiger charge is 2.24. The molecular formula is C17H19NO. The van der Waals surface area contributed by atoms with E-state index in [1.54, 1.807) is 0 Å². The molecule has 0 amide bonds. The van der Waals surface area contributed by atoms with Gasteiger partial charge in [-0.15, -0.1) is 0 Å². The summed E-state index contributed by atoms with van der Waals surface area (Å²) in [5.74, 6) is 0.995. The smallest absolute Gasteiger partial charge is 0.256 e. The van der Waals surface area contributed by atoms with Crippen molar-refractivity contribution in [3.63, 3.8) is 0 Å². The van der Waals surface area contributed by atoms with E-state index < -0.39 is 0 Å². The zero-order chi connectivity index (χ0) is 13.4. The van der Waals surface area contributed by atoms with E-state index in [1.165, 1.54) is 12.0 Å². The summed E-state index contributed by atoms with van der Waals surface area (Å²) in [4.78, 5) is 15.4. The molecule has 0 spiro atoms. The number of rotatable bonds is 1. The average Bonchev–Trinajstić information content (AvgIpc) is 2.44. The van der Waals surface area contributed by atoms with Crippen molar-refractivity contribution in [2.45, 2.75) is 38.5 Å². The first kappa shape index (κ1) is 12.2. The van der Waals surface area contributed by atoms with Gasteiger partial charge in [0.2, 0.25) is 0 Å². The lowest BCUT2D eigenvalue weighted by molar-refractivity contribution is 0.513. The molecule has 3 rings (SSSR count). The predicted octanol–water partition coefficient (Wildman–Crippen LogP) is 4.04. The van der Waals surface area contributed by atoms with Crippen molar-refractivity contribution < 1.29 is 0 Å². The van der Waals surface area contributed by atoms with E-state index in [0.717, 1.165) is 23.2 Å². The van der Waals surface area contributed by atoms with Crippen LogP contribution < -0.4 is 5.56 Å².